The fourth-order valence-corrected chi connectivity index (χ4v) is 3.58. The van der Waals surface area contributed by atoms with Crippen molar-refractivity contribution in [1.82, 2.24) is 19.9 Å². The summed E-state index contributed by atoms with van der Waals surface area (Å²) in [5.41, 5.74) is 2.33. The number of anilines is 1. The minimum Gasteiger partial charge on any atom is -0.409 e. The molecule has 0 bridgehead atoms. The molecule has 4 rings (SSSR count). The van der Waals surface area contributed by atoms with E-state index in [1.807, 2.05) is 0 Å². The Morgan fingerprint density at radius 2 is 2.14 bits per heavy atom. The predicted molar refractivity (Wildman–Crippen MR) is 107 cm³/mol. The summed E-state index contributed by atoms with van der Waals surface area (Å²) in [6.07, 6.45) is 4.90. The van der Waals surface area contributed by atoms with Gasteiger partial charge in [0.2, 0.25) is 0 Å². The first-order chi connectivity index (χ1) is 13.6. The quantitative estimate of drug-likeness (QED) is 0.262. The van der Waals surface area contributed by atoms with E-state index in [0.29, 0.717) is 22.4 Å². The van der Waals surface area contributed by atoms with Crippen molar-refractivity contribution in [2.75, 3.05) is 25.0 Å². The second-order valence-corrected chi connectivity index (χ2v) is 7.15. The van der Waals surface area contributed by atoms with Crippen molar-refractivity contribution in [1.29, 1.82) is 0 Å². The molecule has 0 unspecified atom stereocenters. The molecule has 2 aromatic heterocycles. The molecule has 3 aromatic rings. The van der Waals surface area contributed by atoms with E-state index in [9.17, 15) is 9.60 Å². The molecule has 0 atom stereocenters. The molecule has 9 heteroatoms. The smallest absolute Gasteiger partial charge is 0.179 e. The van der Waals surface area contributed by atoms with Crippen LogP contribution in [0.3, 0.4) is 0 Å². The maximum Gasteiger partial charge on any atom is 0.179 e. The van der Waals surface area contributed by atoms with E-state index in [1.165, 1.54) is 31.0 Å². The summed E-state index contributed by atoms with van der Waals surface area (Å²) in [4.78, 5) is 14.6. The van der Waals surface area contributed by atoms with E-state index in [-0.39, 0.29) is 10.9 Å². The Kier molecular flexibility index (Phi) is 5.40. The van der Waals surface area contributed by atoms with Crippen LogP contribution in [-0.2, 0) is 6.42 Å². The second kappa shape index (κ2) is 8.12. The molecule has 146 valence electrons. The summed E-state index contributed by atoms with van der Waals surface area (Å²) in [6.45, 7) is 3.22. The summed E-state index contributed by atoms with van der Waals surface area (Å²) in [7, 11) is 0. The van der Waals surface area contributed by atoms with Gasteiger partial charge in [-0.3, -0.25) is 0 Å². The van der Waals surface area contributed by atoms with Gasteiger partial charge in [0.1, 0.15) is 11.6 Å². The Bertz CT molecular complexity index is 1010. The molecule has 0 aliphatic carbocycles. The average Bonchev–Trinajstić information content (AvgIpc) is 3.36. The molecule has 1 aliphatic rings. The van der Waals surface area contributed by atoms with Crippen LogP contribution in [0.1, 0.15) is 24.2 Å². The average molecular weight is 403 g/mol. The maximum absolute atomic E-state index is 13.4. The first-order valence-corrected chi connectivity index (χ1v) is 9.52. The molecule has 28 heavy (non-hydrogen) atoms. The van der Waals surface area contributed by atoms with E-state index >= 15 is 0 Å². The zero-order valence-corrected chi connectivity index (χ0v) is 15.9. The van der Waals surface area contributed by atoms with Crippen molar-refractivity contribution in [3.8, 4) is 0 Å². The number of amidine groups is 1. The highest BCUT2D eigenvalue weighted by Gasteiger charge is 2.16. The number of pyridine rings is 1. The van der Waals surface area contributed by atoms with Gasteiger partial charge in [-0.15, -0.1) is 0 Å². The van der Waals surface area contributed by atoms with E-state index in [2.05, 4.69) is 30.3 Å². The van der Waals surface area contributed by atoms with Gasteiger partial charge in [-0.1, -0.05) is 16.8 Å². The second-order valence-electron chi connectivity index (χ2n) is 6.74. The number of hydrogen-bond donors (Lipinski definition) is 3. The SMILES string of the molecule is O/N=C(\Nc1ccc(F)c(Cl)c1)c1ccnc2nc(CCN3CCCC3)[nH]c12. The Morgan fingerprint density at radius 3 is 2.89 bits per heavy atom. The Labute approximate surface area is 166 Å². The first-order valence-electron chi connectivity index (χ1n) is 9.14. The lowest BCUT2D eigenvalue weighted by atomic mass is 10.2. The highest BCUT2D eigenvalue weighted by Crippen LogP contribution is 2.22. The topological polar surface area (TPSA) is 89.4 Å². The number of aromatic amines is 1. The molecular formula is C19H20ClFN6O. The van der Waals surface area contributed by atoms with Gasteiger partial charge >= 0.3 is 0 Å². The number of hydrogen-bond acceptors (Lipinski definition) is 5. The van der Waals surface area contributed by atoms with Gasteiger partial charge in [0.15, 0.2) is 11.5 Å². The van der Waals surface area contributed by atoms with Crippen molar-refractivity contribution in [2.24, 2.45) is 5.16 Å². The lowest BCUT2D eigenvalue weighted by molar-refractivity contribution is 0.319. The van der Waals surface area contributed by atoms with Gasteiger partial charge in [-0.05, 0) is 50.2 Å². The van der Waals surface area contributed by atoms with Crippen LogP contribution in [0.25, 0.3) is 11.2 Å². The Hall–Kier alpha value is -2.71. The van der Waals surface area contributed by atoms with Crippen molar-refractivity contribution >= 4 is 34.3 Å². The van der Waals surface area contributed by atoms with Crippen LogP contribution in [0.15, 0.2) is 35.6 Å². The molecule has 0 spiro atoms. The molecular weight excluding hydrogens is 383 g/mol. The first kappa shape index (κ1) is 18.6. The fraction of sp³-hybridized carbons (Fsp3) is 0.316. The number of nitrogens with zero attached hydrogens (tertiary/aromatic N) is 4. The molecule has 1 aromatic carbocycles. The summed E-state index contributed by atoms with van der Waals surface area (Å²) >= 11 is 5.83. The van der Waals surface area contributed by atoms with Crippen molar-refractivity contribution in [3.05, 3.63) is 52.7 Å². The molecule has 0 radical (unpaired) electrons. The summed E-state index contributed by atoms with van der Waals surface area (Å²) in [5.74, 6) is 0.506. The van der Waals surface area contributed by atoms with E-state index in [0.717, 1.165) is 31.9 Å². The van der Waals surface area contributed by atoms with Crippen LogP contribution in [0.2, 0.25) is 5.02 Å². The van der Waals surface area contributed by atoms with Crippen molar-refractivity contribution in [3.63, 3.8) is 0 Å². The monoisotopic (exact) mass is 402 g/mol. The van der Waals surface area contributed by atoms with Gasteiger partial charge in [0, 0.05) is 30.4 Å². The summed E-state index contributed by atoms with van der Waals surface area (Å²) < 4.78 is 13.4. The van der Waals surface area contributed by atoms with Crippen molar-refractivity contribution < 1.29 is 9.60 Å². The molecule has 0 saturated carbocycles. The maximum atomic E-state index is 13.4. The summed E-state index contributed by atoms with van der Waals surface area (Å²) in [6, 6.07) is 5.90. The third-order valence-corrected chi connectivity index (χ3v) is 5.13. The molecule has 7 nitrogen and oxygen atoms in total. The number of likely N-dealkylation sites (tertiary alicyclic amines) is 1. The van der Waals surface area contributed by atoms with Gasteiger partial charge < -0.3 is 20.4 Å². The highest BCUT2D eigenvalue weighted by molar-refractivity contribution is 6.31. The number of aromatic nitrogens is 3. The molecule has 3 heterocycles. The predicted octanol–water partition coefficient (Wildman–Crippen LogP) is 3.64. The molecule has 3 N–H and O–H groups in total. The number of benzene rings is 1. The lowest BCUT2D eigenvalue weighted by Gasteiger charge is -2.12. The molecule has 1 aliphatic heterocycles. The van der Waals surface area contributed by atoms with E-state index < -0.39 is 5.82 Å². The van der Waals surface area contributed by atoms with Gasteiger partial charge in [0.25, 0.3) is 0 Å². The zero-order chi connectivity index (χ0) is 19.5. The summed E-state index contributed by atoms with van der Waals surface area (Å²) in [5, 5.41) is 15.8. The largest absolute Gasteiger partial charge is 0.409 e. The van der Waals surface area contributed by atoms with Crippen LogP contribution in [-0.4, -0.2) is 50.5 Å². The van der Waals surface area contributed by atoms with E-state index in [4.69, 9.17) is 11.6 Å². The van der Waals surface area contributed by atoms with Crippen LogP contribution < -0.4 is 5.32 Å². The van der Waals surface area contributed by atoms with Gasteiger partial charge in [0.05, 0.1) is 10.5 Å². The van der Waals surface area contributed by atoms with Gasteiger partial charge in [-0.2, -0.15) is 0 Å². The van der Waals surface area contributed by atoms with Crippen LogP contribution >= 0.6 is 11.6 Å². The standard InChI is InChI=1S/C19H20ClFN6O/c20-14-11-12(3-4-15(14)21)23-18(26-28)13-5-7-22-19-17(13)24-16(25-19)6-10-27-8-1-2-9-27/h3-5,7,11,28H,1-2,6,8-10H2,(H,23,26)(H,22,24,25). The highest BCUT2D eigenvalue weighted by atomic mass is 35.5. The fourth-order valence-electron chi connectivity index (χ4n) is 3.40. The zero-order valence-electron chi connectivity index (χ0n) is 15.1. The van der Waals surface area contributed by atoms with Crippen LogP contribution in [0.4, 0.5) is 10.1 Å². The number of rotatable bonds is 5. The third-order valence-electron chi connectivity index (χ3n) is 4.84. The normalized spacial score (nSPS) is 15.4. The Balaban J connectivity index is 1.58. The Morgan fingerprint density at radius 1 is 1.32 bits per heavy atom. The lowest BCUT2D eigenvalue weighted by Crippen LogP contribution is -2.22. The third kappa shape index (κ3) is 3.93. The molecule has 1 fully saturated rings. The van der Waals surface area contributed by atoms with Crippen molar-refractivity contribution in [2.45, 2.75) is 19.3 Å². The molecule has 1 saturated heterocycles. The number of oxime groups is 1. The van der Waals surface area contributed by atoms with E-state index in [1.54, 1.807) is 12.3 Å². The number of nitrogens with one attached hydrogen (secondary N) is 2. The minimum absolute atomic E-state index is 0.0205. The minimum atomic E-state index is -0.516. The van der Waals surface area contributed by atoms with Crippen LogP contribution in [0.5, 0.6) is 0 Å². The number of halogens is 2. The van der Waals surface area contributed by atoms with Gasteiger partial charge in [-0.25, -0.2) is 14.4 Å². The van der Waals surface area contributed by atoms with Crippen LogP contribution in [0, 0.1) is 5.82 Å². The number of fused-ring (bicyclic) bond motifs is 1. The molecule has 0 amide bonds. The number of H-pyrrole nitrogens is 1. The number of imidazole rings is 1.